The summed E-state index contributed by atoms with van der Waals surface area (Å²) >= 11 is 0. The predicted molar refractivity (Wildman–Crippen MR) is 55.8 cm³/mol. The maximum Gasteiger partial charge on any atom is 0.0445 e. The van der Waals surface area contributed by atoms with Crippen LogP contribution < -0.4 is 0 Å². The fourth-order valence-corrected chi connectivity index (χ4v) is 2.23. The van der Waals surface area contributed by atoms with Gasteiger partial charge in [0.25, 0.3) is 0 Å². The van der Waals surface area contributed by atoms with Crippen molar-refractivity contribution in [1.82, 2.24) is 4.90 Å². The van der Waals surface area contributed by atoms with Gasteiger partial charge in [-0.15, -0.1) is 0 Å². The van der Waals surface area contributed by atoms with Crippen LogP contribution in [0.1, 0.15) is 45.4 Å². The maximum atomic E-state index is 8.89. The molecular formula is C11H23NO. The number of aliphatic hydroxyl groups is 1. The second-order valence-electron chi connectivity index (χ2n) is 4.05. The van der Waals surface area contributed by atoms with Gasteiger partial charge in [0.15, 0.2) is 0 Å². The van der Waals surface area contributed by atoms with Gasteiger partial charge in [-0.1, -0.05) is 19.8 Å². The summed E-state index contributed by atoms with van der Waals surface area (Å²) in [6.07, 6.45) is 7.59. The van der Waals surface area contributed by atoms with Gasteiger partial charge in [-0.3, -0.25) is 0 Å². The monoisotopic (exact) mass is 185 g/mol. The second-order valence-corrected chi connectivity index (χ2v) is 4.05. The van der Waals surface area contributed by atoms with Gasteiger partial charge >= 0.3 is 0 Å². The summed E-state index contributed by atoms with van der Waals surface area (Å²) in [6, 6.07) is 0.682. The van der Waals surface area contributed by atoms with Gasteiger partial charge in [-0.2, -0.15) is 0 Å². The van der Waals surface area contributed by atoms with E-state index in [1.807, 2.05) is 0 Å². The average Bonchev–Trinajstić information content (AvgIpc) is 2.54. The third-order valence-corrected chi connectivity index (χ3v) is 3.01. The molecule has 0 radical (unpaired) electrons. The second kappa shape index (κ2) is 6.39. The molecule has 1 unspecified atom stereocenters. The molecule has 0 aromatic rings. The minimum absolute atomic E-state index is 0.356. The van der Waals surface area contributed by atoms with E-state index in [1.165, 1.54) is 45.2 Å². The number of unbranched alkanes of at least 4 members (excludes halogenated alkanes) is 2. The molecule has 0 amide bonds. The van der Waals surface area contributed by atoms with Crippen LogP contribution in [-0.4, -0.2) is 35.7 Å². The van der Waals surface area contributed by atoms with Crippen molar-refractivity contribution in [3.63, 3.8) is 0 Å². The van der Waals surface area contributed by atoms with Gasteiger partial charge in [0.05, 0.1) is 0 Å². The topological polar surface area (TPSA) is 23.5 Å². The Morgan fingerprint density at radius 3 is 2.92 bits per heavy atom. The minimum Gasteiger partial charge on any atom is -0.396 e. The molecule has 2 nitrogen and oxygen atoms in total. The Kier molecular flexibility index (Phi) is 5.40. The van der Waals surface area contributed by atoms with E-state index in [2.05, 4.69) is 11.8 Å². The van der Waals surface area contributed by atoms with Gasteiger partial charge in [0, 0.05) is 12.6 Å². The quantitative estimate of drug-likeness (QED) is 0.640. The van der Waals surface area contributed by atoms with Gasteiger partial charge < -0.3 is 10.0 Å². The first-order valence-corrected chi connectivity index (χ1v) is 5.73. The Balaban J connectivity index is 2.15. The van der Waals surface area contributed by atoms with Gasteiger partial charge in [0.1, 0.15) is 0 Å². The van der Waals surface area contributed by atoms with Crippen LogP contribution >= 0.6 is 0 Å². The summed E-state index contributed by atoms with van der Waals surface area (Å²) in [6.45, 7) is 5.11. The Morgan fingerprint density at radius 1 is 1.38 bits per heavy atom. The lowest BCUT2D eigenvalue weighted by Crippen LogP contribution is -2.31. The third kappa shape index (κ3) is 3.65. The highest BCUT2D eigenvalue weighted by Gasteiger charge is 2.22. The molecular weight excluding hydrogens is 162 g/mol. The van der Waals surface area contributed by atoms with Crippen molar-refractivity contribution < 1.29 is 5.11 Å². The van der Waals surface area contributed by atoms with Crippen molar-refractivity contribution >= 4 is 0 Å². The molecule has 0 aromatic heterocycles. The molecule has 0 saturated carbocycles. The molecule has 2 heteroatoms. The molecule has 1 fully saturated rings. The van der Waals surface area contributed by atoms with Crippen molar-refractivity contribution in [2.45, 2.75) is 51.5 Å². The van der Waals surface area contributed by atoms with Crippen LogP contribution in [0.15, 0.2) is 0 Å². The number of hydrogen-bond acceptors (Lipinski definition) is 2. The Bertz CT molecular complexity index is 127. The normalized spacial score (nSPS) is 24.0. The van der Waals surface area contributed by atoms with E-state index in [0.29, 0.717) is 12.6 Å². The summed E-state index contributed by atoms with van der Waals surface area (Å²) in [5, 5.41) is 8.89. The molecule has 0 spiro atoms. The van der Waals surface area contributed by atoms with Crippen LogP contribution in [-0.2, 0) is 0 Å². The number of nitrogens with zero attached hydrogens (tertiary/aromatic N) is 1. The Morgan fingerprint density at radius 2 is 2.23 bits per heavy atom. The van der Waals surface area contributed by atoms with Crippen molar-refractivity contribution in [3.8, 4) is 0 Å². The van der Waals surface area contributed by atoms with E-state index in [0.717, 1.165) is 6.42 Å². The van der Waals surface area contributed by atoms with E-state index >= 15 is 0 Å². The molecule has 78 valence electrons. The lowest BCUT2D eigenvalue weighted by atomic mass is 10.1. The highest BCUT2D eigenvalue weighted by atomic mass is 16.3. The Hall–Kier alpha value is -0.0800. The minimum atomic E-state index is 0.356. The van der Waals surface area contributed by atoms with Gasteiger partial charge in [-0.05, 0) is 38.8 Å². The molecule has 1 aliphatic rings. The number of hydrogen-bond donors (Lipinski definition) is 1. The van der Waals surface area contributed by atoms with E-state index in [-0.39, 0.29) is 0 Å². The number of aliphatic hydroxyl groups excluding tert-OH is 1. The van der Waals surface area contributed by atoms with E-state index in [4.69, 9.17) is 5.11 Å². The molecule has 1 heterocycles. The molecule has 1 aliphatic heterocycles. The van der Waals surface area contributed by atoms with Crippen LogP contribution in [0.2, 0.25) is 0 Å². The third-order valence-electron chi connectivity index (χ3n) is 3.01. The van der Waals surface area contributed by atoms with Crippen LogP contribution in [0.5, 0.6) is 0 Å². The zero-order valence-electron chi connectivity index (χ0n) is 8.84. The molecule has 1 N–H and O–H groups in total. The lowest BCUT2D eigenvalue weighted by Gasteiger charge is -2.23. The largest absolute Gasteiger partial charge is 0.396 e. The van der Waals surface area contributed by atoms with Crippen LogP contribution in [0.4, 0.5) is 0 Å². The van der Waals surface area contributed by atoms with Crippen LogP contribution in [0.25, 0.3) is 0 Å². The molecule has 1 atom stereocenters. The highest BCUT2D eigenvalue weighted by molar-refractivity contribution is 4.78. The Labute approximate surface area is 81.9 Å². The highest BCUT2D eigenvalue weighted by Crippen LogP contribution is 2.20. The number of rotatable bonds is 6. The summed E-state index contributed by atoms with van der Waals surface area (Å²) in [4.78, 5) is 2.56. The molecule has 13 heavy (non-hydrogen) atoms. The maximum absolute atomic E-state index is 8.89. The van der Waals surface area contributed by atoms with E-state index < -0.39 is 0 Å². The molecule has 0 bridgehead atoms. The number of likely N-dealkylation sites (tertiary alicyclic amines) is 1. The van der Waals surface area contributed by atoms with E-state index in [9.17, 15) is 0 Å². The molecule has 0 aliphatic carbocycles. The summed E-state index contributed by atoms with van der Waals surface area (Å²) in [5.74, 6) is 0. The standard InChI is InChI=1S/C11H23NO/c1-2-3-4-8-12-9-5-6-11(12)7-10-13/h11,13H,2-10H2,1H3. The van der Waals surface area contributed by atoms with Gasteiger partial charge in [-0.25, -0.2) is 0 Å². The lowest BCUT2D eigenvalue weighted by molar-refractivity contribution is 0.193. The fraction of sp³-hybridized carbons (Fsp3) is 1.00. The summed E-state index contributed by atoms with van der Waals surface area (Å²) in [7, 11) is 0. The zero-order valence-corrected chi connectivity index (χ0v) is 8.84. The first-order chi connectivity index (χ1) is 6.38. The first-order valence-electron chi connectivity index (χ1n) is 5.73. The first kappa shape index (κ1) is 11.0. The molecule has 1 saturated heterocycles. The van der Waals surface area contributed by atoms with E-state index in [1.54, 1.807) is 0 Å². The van der Waals surface area contributed by atoms with Crippen LogP contribution in [0, 0.1) is 0 Å². The smallest absolute Gasteiger partial charge is 0.0445 e. The SMILES string of the molecule is CCCCCN1CCCC1CCO. The van der Waals surface area contributed by atoms with Crippen molar-refractivity contribution in [1.29, 1.82) is 0 Å². The predicted octanol–water partition coefficient (Wildman–Crippen LogP) is 2.02. The van der Waals surface area contributed by atoms with Crippen LogP contribution in [0.3, 0.4) is 0 Å². The fourth-order valence-electron chi connectivity index (χ4n) is 2.23. The summed E-state index contributed by atoms with van der Waals surface area (Å²) in [5.41, 5.74) is 0. The van der Waals surface area contributed by atoms with Crippen molar-refractivity contribution in [3.05, 3.63) is 0 Å². The average molecular weight is 185 g/mol. The van der Waals surface area contributed by atoms with Crippen molar-refractivity contribution in [2.75, 3.05) is 19.7 Å². The van der Waals surface area contributed by atoms with Crippen molar-refractivity contribution in [2.24, 2.45) is 0 Å². The zero-order chi connectivity index (χ0) is 9.52. The molecule has 1 rings (SSSR count). The summed E-state index contributed by atoms with van der Waals surface area (Å²) < 4.78 is 0. The van der Waals surface area contributed by atoms with Gasteiger partial charge in [0.2, 0.25) is 0 Å². The molecule has 0 aromatic carbocycles.